The van der Waals surface area contributed by atoms with E-state index in [2.05, 4.69) is 104 Å². The minimum atomic E-state index is -2.36. The van der Waals surface area contributed by atoms with Crippen LogP contribution in [-0.2, 0) is 12.8 Å². The highest BCUT2D eigenvalue weighted by molar-refractivity contribution is 7.32. The monoisotopic (exact) mass is 1150 g/mol. The topological polar surface area (TPSA) is 77.3 Å². The summed E-state index contributed by atoms with van der Waals surface area (Å²) in [5.74, 6) is 2.85. The molecule has 0 aliphatic carbocycles. The first-order valence-electron chi connectivity index (χ1n) is 27.8. The lowest BCUT2D eigenvalue weighted by Gasteiger charge is -2.35. The van der Waals surface area contributed by atoms with Gasteiger partial charge in [0.1, 0.15) is 41.5 Å². The lowest BCUT2D eigenvalue weighted by atomic mass is 9.95. The van der Waals surface area contributed by atoms with E-state index >= 15 is 0 Å². The molecule has 0 amide bonds. The molecule has 11 rings (SSSR count). The minimum Gasteiger partial charge on any atom is -0.252 e. The van der Waals surface area contributed by atoms with Gasteiger partial charge in [-0.05, 0) is 95.4 Å². The molecule has 1 aliphatic rings. The highest BCUT2D eigenvalue weighted by Gasteiger charge is 2.50. The zero-order valence-corrected chi connectivity index (χ0v) is 51.9. The van der Waals surface area contributed by atoms with Gasteiger partial charge in [-0.25, -0.2) is 0 Å². The van der Waals surface area contributed by atoms with Crippen LogP contribution in [-0.4, -0.2) is 35.5 Å². The predicted octanol–water partition coefficient (Wildman–Crippen LogP) is 20.2. The second kappa shape index (κ2) is 23.1. The quantitative estimate of drug-likeness (QED) is 0.0531. The Kier molecular flexibility index (Phi) is 16.5. The molecule has 0 N–H and O–H groups in total. The maximum absolute atomic E-state index is 5.39. The van der Waals surface area contributed by atoms with Gasteiger partial charge in [-0.2, -0.15) is 17.5 Å². The SMILES string of the molecule is CCCCC(CC)Cc1cc2sc(-c3cnc(-c4cc5c(s4)-c4sc(-c6ncc(-c7cc8sc(CC(C)CC)cc8s7)c7nsnc67)cc4[Si]5(CC(CC)CCCC)CC(CC)CCCC)c4nsnc34)cc2s1. The van der Waals surface area contributed by atoms with Gasteiger partial charge in [0.2, 0.25) is 0 Å². The van der Waals surface area contributed by atoms with E-state index in [1.165, 1.54) is 183 Å². The highest BCUT2D eigenvalue weighted by atomic mass is 32.1. The molecular formula is C59H70N6S8Si. The molecule has 0 spiro atoms. The standard InChI is InChI=1S/C59H70N6S8Si/c1-9-16-19-35(13-5)23-39-25-45-47(67-39)27-43(69-45)41-31-61-55(57-53(41)63-73-65-57)49-29-51-59(71-49)58-50(74(51,32-36(14-6)20-17-10-2)33-37(15-7)21-18-11-3)28-48(70-58)54-56-52(62-72-64-56)40(30-60-54)42-26-46-44(68-42)24-38(66-46)22-34(8)12-4/h24-31,34-37H,9-23,32-33H2,1-8H3. The Bertz CT molecular complexity index is 3440. The molecule has 4 unspecified atom stereocenters. The smallest absolute Gasteiger partial charge is 0.132 e. The van der Waals surface area contributed by atoms with Gasteiger partial charge in [-0.15, -0.1) is 68.0 Å². The molecule has 15 heteroatoms. The van der Waals surface area contributed by atoms with Crippen molar-refractivity contribution in [1.82, 2.24) is 27.5 Å². The van der Waals surface area contributed by atoms with Crippen LogP contribution in [0.25, 0.3) is 92.6 Å². The van der Waals surface area contributed by atoms with Crippen LogP contribution in [0.1, 0.15) is 149 Å². The number of thiophene rings is 6. The average Bonchev–Trinajstić information content (AvgIpc) is 4.29. The molecule has 0 bridgehead atoms. The van der Waals surface area contributed by atoms with Gasteiger partial charge in [0, 0.05) is 71.6 Å². The zero-order valence-electron chi connectivity index (χ0n) is 44.4. The maximum atomic E-state index is 5.39. The molecule has 4 atom stereocenters. The fourth-order valence-corrected chi connectivity index (χ4v) is 28.5. The van der Waals surface area contributed by atoms with Crippen molar-refractivity contribution in [2.75, 3.05) is 0 Å². The first kappa shape index (κ1) is 52.9. The summed E-state index contributed by atoms with van der Waals surface area (Å²) in [6.07, 6.45) is 23.1. The predicted molar refractivity (Wildman–Crippen MR) is 335 cm³/mol. The number of rotatable bonds is 25. The van der Waals surface area contributed by atoms with Crippen molar-refractivity contribution in [1.29, 1.82) is 0 Å². The number of hydrogen-bond donors (Lipinski definition) is 0. The minimum absolute atomic E-state index is 0.687. The Balaban J connectivity index is 0.996. The summed E-state index contributed by atoms with van der Waals surface area (Å²) in [5, 5.41) is 3.31. The Hall–Kier alpha value is -3.12. The zero-order chi connectivity index (χ0) is 51.1. The van der Waals surface area contributed by atoms with E-state index < -0.39 is 8.07 Å². The van der Waals surface area contributed by atoms with Crippen LogP contribution >= 0.6 is 91.5 Å². The van der Waals surface area contributed by atoms with Gasteiger partial charge < -0.3 is 0 Å². The normalized spacial score (nSPS) is 16.3. The van der Waals surface area contributed by atoms with Crippen LogP contribution in [0.15, 0.2) is 48.8 Å². The first-order valence-corrected chi connectivity index (χ1v) is 36.5. The molecule has 74 heavy (non-hydrogen) atoms. The van der Waals surface area contributed by atoms with Gasteiger partial charge >= 0.3 is 0 Å². The Morgan fingerprint density at radius 3 is 1.31 bits per heavy atom. The molecule has 10 aromatic heterocycles. The lowest BCUT2D eigenvalue weighted by molar-refractivity contribution is 0.452. The summed E-state index contributed by atoms with van der Waals surface area (Å²) in [7, 11) is -2.36. The van der Waals surface area contributed by atoms with E-state index in [4.69, 9.17) is 27.5 Å². The van der Waals surface area contributed by atoms with Crippen molar-refractivity contribution in [2.24, 2.45) is 23.7 Å². The van der Waals surface area contributed by atoms with Crippen LogP contribution < -0.4 is 10.4 Å². The van der Waals surface area contributed by atoms with E-state index in [9.17, 15) is 0 Å². The van der Waals surface area contributed by atoms with E-state index in [1.54, 1.807) is 10.4 Å². The van der Waals surface area contributed by atoms with Crippen LogP contribution in [0.5, 0.6) is 0 Å². The second-order valence-corrected chi connectivity index (χ2v) is 33.2. The third kappa shape index (κ3) is 10.1. The molecule has 388 valence electrons. The van der Waals surface area contributed by atoms with Crippen LogP contribution in [0.2, 0.25) is 12.1 Å². The summed E-state index contributed by atoms with van der Waals surface area (Å²) >= 11 is 14.3. The van der Waals surface area contributed by atoms with Crippen molar-refractivity contribution < 1.29 is 0 Å². The Morgan fingerprint density at radius 2 is 0.878 bits per heavy atom. The fourth-order valence-electron chi connectivity index (χ4n) is 11.8. The fraction of sp³-hybridized carbons (Fsp3) is 0.492. The van der Waals surface area contributed by atoms with Crippen molar-refractivity contribution >= 4 is 151 Å². The number of aromatic nitrogens is 6. The van der Waals surface area contributed by atoms with Crippen LogP contribution in [0, 0.1) is 23.7 Å². The average molecular weight is 1150 g/mol. The molecule has 11 heterocycles. The molecule has 0 saturated carbocycles. The van der Waals surface area contributed by atoms with Gasteiger partial charge in [-0.1, -0.05) is 139 Å². The van der Waals surface area contributed by atoms with Crippen molar-refractivity contribution in [3.8, 4) is 51.8 Å². The van der Waals surface area contributed by atoms with Crippen molar-refractivity contribution in [3.05, 3.63) is 58.5 Å². The van der Waals surface area contributed by atoms with Crippen molar-refractivity contribution in [2.45, 2.75) is 164 Å². The Morgan fingerprint density at radius 1 is 0.446 bits per heavy atom. The summed E-state index contributed by atoms with van der Waals surface area (Å²) in [6.45, 7) is 18.9. The lowest BCUT2D eigenvalue weighted by Crippen LogP contribution is -2.56. The molecule has 0 saturated heterocycles. The second-order valence-electron chi connectivity index (χ2n) is 21.4. The van der Waals surface area contributed by atoms with Gasteiger partial charge in [0.05, 0.1) is 33.2 Å². The third-order valence-corrected chi connectivity index (χ3v) is 30.4. The van der Waals surface area contributed by atoms with Crippen molar-refractivity contribution in [3.63, 3.8) is 0 Å². The number of nitrogens with zero attached hydrogens (tertiary/aromatic N) is 6. The molecule has 10 aromatic rings. The van der Waals surface area contributed by atoms with Gasteiger partial charge in [0.15, 0.2) is 0 Å². The highest BCUT2D eigenvalue weighted by Crippen LogP contribution is 2.51. The number of pyridine rings is 2. The number of unbranched alkanes of at least 4 members (excludes halogenated alkanes) is 3. The molecule has 1 aliphatic heterocycles. The maximum Gasteiger partial charge on any atom is 0.132 e. The van der Waals surface area contributed by atoms with E-state index in [0.717, 1.165) is 56.9 Å². The molecule has 6 nitrogen and oxygen atoms in total. The van der Waals surface area contributed by atoms with E-state index in [-0.39, 0.29) is 0 Å². The van der Waals surface area contributed by atoms with Crippen LogP contribution in [0.4, 0.5) is 0 Å². The summed E-state index contributed by atoms with van der Waals surface area (Å²) in [4.78, 5) is 21.7. The van der Waals surface area contributed by atoms with Gasteiger partial charge in [-0.3, -0.25) is 9.97 Å². The number of fused-ring (bicyclic) bond motifs is 7. The molecule has 0 radical (unpaired) electrons. The summed E-state index contributed by atoms with van der Waals surface area (Å²) in [5.41, 5.74) is 8.01. The third-order valence-electron chi connectivity index (χ3n) is 16.4. The molecule has 0 fully saturated rings. The van der Waals surface area contributed by atoms with Crippen LogP contribution in [0.3, 0.4) is 0 Å². The summed E-state index contributed by atoms with van der Waals surface area (Å²) in [6, 6.07) is 17.5. The molecule has 0 aromatic carbocycles. The largest absolute Gasteiger partial charge is 0.252 e. The first-order chi connectivity index (χ1) is 36.2. The van der Waals surface area contributed by atoms with E-state index in [0.29, 0.717) is 17.8 Å². The number of hydrogen-bond acceptors (Lipinski definition) is 14. The molecular weight excluding hydrogens is 1080 g/mol. The van der Waals surface area contributed by atoms with E-state index in [1.807, 2.05) is 68.0 Å². The summed E-state index contributed by atoms with van der Waals surface area (Å²) < 4.78 is 25.6. The Labute approximate surface area is 471 Å². The van der Waals surface area contributed by atoms with Gasteiger partial charge in [0.25, 0.3) is 0 Å².